The number of carbonyl (C=O) groups is 2. The molecule has 3 N–H and O–H groups in total. The minimum Gasteiger partial charge on any atom is -0.457 e. The smallest absolute Gasteiger partial charge is 0.313 e. The number of anilines is 1. The number of aromatic nitrogens is 2. The quantitative estimate of drug-likeness (QED) is 0.574. The minimum absolute atomic E-state index is 0.228. The molecule has 0 fully saturated rings. The SMILES string of the molecule is Cc1cc(C[C@H](C)NC(=O)C(=O)Nc2cccc(Oc3ccccc3)c2)n[nH]1. The number of aryl methyl sites for hydroxylation is 1. The Morgan fingerprint density at radius 2 is 1.79 bits per heavy atom. The zero-order valence-corrected chi connectivity index (χ0v) is 15.7. The van der Waals surface area contributed by atoms with E-state index in [-0.39, 0.29) is 6.04 Å². The Kier molecular flexibility index (Phi) is 6.06. The number of amides is 2. The van der Waals surface area contributed by atoms with Crippen LogP contribution in [0.4, 0.5) is 5.69 Å². The van der Waals surface area contributed by atoms with E-state index < -0.39 is 11.8 Å². The molecular weight excluding hydrogens is 356 g/mol. The van der Waals surface area contributed by atoms with Gasteiger partial charge in [0.25, 0.3) is 0 Å². The lowest BCUT2D eigenvalue weighted by molar-refractivity contribution is -0.136. The highest BCUT2D eigenvalue weighted by molar-refractivity contribution is 6.39. The molecule has 2 aromatic carbocycles. The summed E-state index contributed by atoms with van der Waals surface area (Å²) < 4.78 is 5.73. The lowest BCUT2D eigenvalue weighted by atomic mass is 10.2. The van der Waals surface area contributed by atoms with E-state index in [1.165, 1.54) is 0 Å². The van der Waals surface area contributed by atoms with Crippen LogP contribution in [0, 0.1) is 6.92 Å². The highest BCUT2D eigenvalue weighted by Gasteiger charge is 2.17. The number of carbonyl (C=O) groups excluding carboxylic acids is 2. The fourth-order valence-electron chi connectivity index (χ4n) is 2.68. The third-order valence-corrected chi connectivity index (χ3v) is 3.93. The predicted octanol–water partition coefficient (Wildman–Crippen LogP) is 3.20. The second-order valence-corrected chi connectivity index (χ2v) is 6.52. The van der Waals surface area contributed by atoms with Crippen LogP contribution in [-0.2, 0) is 16.0 Å². The highest BCUT2D eigenvalue weighted by Crippen LogP contribution is 2.23. The van der Waals surface area contributed by atoms with Gasteiger partial charge in [-0.2, -0.15) is 5.10 Å². The highest BCUT2D eigenvalue weighted by atomic mass is 16.5. The maximum atomic E-state index is 12.2. The van der Waals surface area contributed by atoms with E-state index >= 15 is 0 Å². The van der Waals surface area contributed by atoms with Crippen LogP contribution in [0.25, 0.3) is 0 Å². The van der Waals surface area contributed by atoms with Crippen molar-refractivity contribution >= 4 is 17.5 Å². The fourth-order valence-corrected chi connectivity index (χ4v) is 2.68. The molecule has 7 heteroatoms. The molecule has 0 aliphatic rings. The largest absolute Gasteiger partial charge is 0.457 e. The average molecular weight is 378 g/mol. The molecule has 0 saturated carbocycles. The van der Waals surface area contributed by atoms with Crippen molar-refractivity contribution in [1.82, 2.24) is 15.5 Å². The molecule has 0 saturated heterocycles. The summed E-state index contributed by atoms with van der Waals surface area (Å²) in [6.45, 7) is 3.73. The molecule has 144 valence electrons. The van der Waals surface area contributed by atoms with E-state index in [4.69, 9.17) is 4.74 Å². The monoisotopic (exact) mass is 378 g/mol. The number of nitrogens with one attached hydrogen (secondary N) is 3. The average Bonchev–Trinajstić information content (AvgIpc) is 3.07. The lowest BCUT2D eigenvalue weighted by Gasteiger charge is -2.13. The number of rotatable bonds is 6. The van der Waals surface area contributed by atoms with Crippen LogP contribution in [0.1, 0.15) is 18.3 Å². The molecule has 3 rings (SSSR count). The first-order valence-corrected chi connectivity index (χ1v) is 8.95. The van der Waals surface area contributed by atoms with Gasteiger partial charge >= 0.3 is 11.8 Å². The summed E-state index contributed by atoms with van der Waals surface area (Å²) >= 11 is 0. The van der Waals surface area contributed by atoms with Crippen LogP contribution in [0.5, 0.6) is 11.5 Å². The van der Waals surface area contributed by atoms with Crippen LogP contribution in [0.15, 0.2) is 60.7 Å². The lowest BCUT2D eigenvalue weighted by Crippen LogP contribution is -2.41. The number of para-hydroxylation sites is 1. The number of ether oxygens (including phenoxy) is 1. The number of nitrogens with zero attached hydrogens (tertiary/aromatic N) is 1. The predicted molar refractivity (Wildman–Crippen MR) is 106 cm³/mol. The van der Waals surface area contributed by atoms with E-state index in [1.807, 2.05) is 50.2 Å². The van der Waals surface area contributed by atoms with Gasteiger partial charge in [0, 0.05) is 29.9 Å². The van der Waals surface area contributed by atoms with Gasteiger partial charge in [0.15, 0.2) is 0 Å². The third kappa shape index (κ3) is 5.44. The van der Waals surface area contributed by atoms with Crippen molar-refractivity contribution < 1.29 is 14.3 Å². The summed E-state index contributed by atoms with van der Waals surface area (Å²) in [6, 6.07) is 17.9. The molecule has 3 aromatic rings. The Balaban J connectivity index is 1.54. The molecular formula is C21H22N4O3. The van der Waals surface area contributed by atoms with Gasteiger partial charge in [-0.3, -0.25) is 14.7 Å². The van der Waals surface area contributed by atoms with E-state index in [1.54, 1.807) is 24.3 Å². The van der Waals surface area contributed by atoms with Gasteiger partial charge in [-0.05, 0) is 44.2 Å². The van der Waals surface area contributed by atoms with Crippen LogP contribution in [0.2, 0.25) is 0 Å². The van der Waals surface area contributed by atoms with E-state index in [0.29, 0.717) is 23.6 Å². The molecule has 1 aromatic heterocycles. The van der Waals surface area contributed by atoms with Crippen molar-refractivity contribution in [3.63, 3.8) is 0 Å². The van der Waals surface area contributed by atoms with Crippen molar-refractivity contribution in [3.8, 4) is 11.5 Å². The summed E-state index contributed by atoms with van der Waals surface area (Å²) in [7, 11) is 0. The number of aromatic amines is 1. The number of hydrogen-bond acceptors (Lipinski definition) is 4. The summed E-state index contributed by atoms with van der Waals surface area (Å²) in [5.41, 5.74) is 2.25. The third-order valence-electron chi connectivity index (χ3n) is 3.93. The maximum absolute atomic E-state index is 12.2. The van der Waals surface area contributed by atoms with Gasteiger partial charge in [0.1, 0.15) is 11.5 Å². The number of hydrogen-bond donors (Lipinski definition) is 3. The van der Waals surface area contributed by atoms with Crippen molar-refractivity contribution in [2.75, 3.05) is 5.32 Å². The fraction of sp³-hybridized carbons (Fsp3) is 0.190. The zero-order chi connectivity index (χ0) is 19.9. The molecule has 1 heterocycles. The summed E-state index contributed by atoms with van der Waals surface area (Å²) in [6.07, 6.45) is 0.532. The first-order valence-electron chi connectivity index (χ1n) is 8.95. The summed E-state index contributed by atoms with van der Waals surface area (Å²) in [5, 5.41) is 12.2. The second-order valence-electron chi connectivity index (χ2n) is 6.52. The Bertz CT molecular complexity index is 953. The minimum atomic E-state index is -0.734. The van der Waals surface area contributed by atoms with Gasteiger partial charge in [-0.1, -0.05) is 24.3 Å². The Morgan fingerprint density at radius 3 is 2.50 bits per heavy atom. The van der Waals surface area contributed by atoms with Crippen LogP contribution in [-0.4, -0.2) is 28.1 Å². The molecule has 7 nitrogen and oxygen atoms in total. The zero-order valence-electron chi connectivity index (χ0n) is 15.7. The molecule has 0 unspecified atom stereocenters. The standard InChI is InChI=1S/C21H22N4O3/c1-14(11-17-12-15(2)24-25-17)22-20(26)21(27)23-16-7-6-10-19(13-16)28-18-8-4-3-5-9-18/h3-10,12-14H,11H2,1-2H3,(H,22,26)(H,23,27)(H,24,25)/t14-/m0/s1. The Hall–Kier alpha value is -3.61. The molecule has 0 spiro atoms. The topological polar surface area (TPSA) is 96.1 Å². The van der Waals surface area contributed by atoms with Crippen molar-refractivity contribution in [1.29, 1.82) is 0 Å². The van der Waals surface area contributed by atoms with Crippen molar-refractivity contribution in [2.45, 2.75) is 26.3 Å². The van der Waals surface area contributed by atoms with Crippen molar-refractivity contribution in [3.05, 3.63) is 72.1 Å². The number of benzene rings is 2. The normalized spacial score (nSPS) is 11.5. The Morgan fingerprint density at radius 1 is 1.04 bits per heavy atom. The van der Waals surface area contributed by atoms with Gasteiger partial charge in [-0.15, -0.1) is 0 Å². The first kappa shape index (κ1) is 19.2. The van der Waals surface area contributed by atoms with Crippen LogP contribution < -0.4 is 15.4 Å². The summed E-state index contributed by atoms with van der Waals surface area (Å²) in [4.78, 5) is 24.3. The first-order chi connectivity index (χ1) is 13.5. The molecule has 28 heavy (non-hydrogen) atoms. The van der Waals surface area contributed by atoms with Crippen LogP contribution >= 0.6 is 0 Å². The van der Waals surface area contributed by atoms with Crippen molar-refractivity contribution in [2.24, 2.45) is 0 Å². The molecule has 1 atom stereocenters. The van der Waals surface area contributed by atoms with Gasteiger partial charge in [0.2, 0.25) is 0 Å². The molecule has 0 aliphatic heterocycles. The molecule has 0 bridgehead atoms. The van der Waals surface area contributed by atoms with E-state index in [2.05, 4.69) is 20.8 Å². The maximum Gasteiger partial charge on any atom is 0.313 e. The molecule has 2 amide bonds. The van der Waals surface area contributed by atoms with Gasteiger partial charge in [-0.25, -0.2) is 0 Å². The van der Waals surface area contributed by atoms with Gasteiger partial charge in [0.05, 0.1) is 5.69 Å². The second kappa shape index (κ2) is 8.85. The number of H-pyrrole nitrogens is 1. The van der Waals surface area contributed by atoms with E-state index in [0.717, 1.165) is 11.4 Å². The van der Waals surface area contributed by atoms with Crippen LogP contribution in [0.3, 0.4) is 0 Å². The summed E-state index contributed by atoms with van der Waals surface area (Å²) in [5.74, 6) is -0.186. The van der Waals surface area contributed by atoms with Gasteiger partial charge < -0.3 is 15.4 Å². The molecule has 0 radical (unpaired) electrons. The molecule has 0 aliphatic carbocycles. The Labute approximate surface area is 163 Å². The van der Waals surface area contributed by atoms with E-state index in [9.17, 15) is 9.59 Å².